The van der Waals surface area contributed by atoms with Gasteiger partial charge in [-0.15, -0.1) is 0 Å². The maximum atomic E-state index is 10.8. The summed E-state index contributed by atoms with van der Waals surface area (Å²) in [5.41, 5.74) is 0. The second-order valence-corrected chi connectivity index (χ2v) is 5.34. The SMILES string of the molecule is CC.CN(CCS(C)(=O)=O)COCC(=O)O. The van der Waals surface area contributed by atoms with Crippen molar-refractivity contribution in [1.29, 1.82) is 0 Å². The Bertz CT molecular complexity index is 276. The Labute approximate surface area is 97.1 Å². The molecule has 0 atom stereocenters. The van der Waals surface area contributed by atoms with E-state index in [1.165, 1.54) is 0 Å². The first-order valence-corrected chi connectivity index (χ1v) is 7.03. The van der Waals surface area contributed by atoms with Crippen LogP contribution >= 0.6 is 0 Å². The van der Waals surface area contributed by atoms with Crippen molar-refractivity contribution >= 4 is 15.8 Å². The molecule has 0 fully saturated rings. The molecular formula is C9H21NO5S. The highest BCUT2D eigenvalue weighted by atomic mass is 32.2. The molecule has 16 heavy (non-hydrogen) atoms. The van der Waals surface area contributed by atoms with Crippen LogP contribution in [0.25, 0.3) is 0 Å². The minimum absolute atomic E-state index is 0.0416. The summed E-state index contributed by atoms with van der Waals surface area (Å²) in [5, 5.41) is 8.25. The van der Waals surface area contributed by atoms with Gasteiger partial charge in [0.1, 0.15) is 16.4 Å². The molecule has 0 heterocycles. The van der Waals surface area contributed by atoms with E-state index in [2.05, 4.69) is 0 Å². The lowest BCUT2D eigenvalue weighted by Crippen LogP contribution is -2.28. The Morgan fingerprint density at radius 2 is 1.88 bits per heavy atom. The molecule has 0 radical (unpaired) electrons. The fraction of sp³-hybridized carbons (Fsp3) is 0.889. The summed E-state index contributed by atoms with van der Waals surface area (Å²) in [5.74, 6) is -0.999. The maximum absolute atomic E-state index is 10.8. The van der Waals surface area contributed by atoms with Crippen LogP contribution in [0.3, 0.4) is 0 Å². The zero-order valence-electron chi connectivity index (χ0n) is 10.3. The predicted molar refractivity (Wildman–Crippen MR) is 62.1 cm³/mol. The van der Waals surface area contributed by atoms with Crippen LogP contribution in [0.5, 0.6) is 0 Å². The number of rotatable bonds is 7. The van der Waals surface area contributed by atoms with Gasteiger partial charge in [-0.25, -0.2) is 13.2 Å². The zero-order valence-corrected chi connectivity index (χ0v) is 11.1. The molecule has 0 aliphatic heterocycles. The van der Waals surface area contributed by atoms with Gasteiger partial charge in [-0.2, -0.15) is 0 Å². The third-order valence-electron chi connectivity index (χ3n) is 1.38. The topological polar surface area (TPSA) is 83.9 Å². The molecule has 7 heteroatoms. The van der Waals surface area contributed by atoms with Crippen LogP contribution in [0.15, 0.2) is 0 Å². The third-order valence-corrected chi connectivity index (χ3v) is 2.31. The summed E-state index contributed by atoms with van der Waals surface area (Å²) in [6, 6.07) is 0. The fourth-order valence-electron chi connectivity index (χ4n) is 0.675. The molecule has 0 aromatic rings. The summed E-state index contributed by atoms with van der Waals surface area (Å²) >= 11 is 0. The van der Waals surface area contributed by atoms with Crippen molar-refractivity contribution in [3.8, 4) is 0 Å². The number of hydrogen-bond donors (Lipinski definition) is 1. The summed E-state index contributed by atoms with van der Waals surface area (Å²) in [6.07, 6.45) is 1.15. The van der Waals surface area contributed by atoms with Gasteiger partial charge < -0.3 is 9.84 Å². The molecule has 0 bridgehead atoms. The molecule has 0 saturated heterocycles. The Balaban J connectivity index is 0. The maximum Gasteiger partial charge on any atom is 0.329 e. The molecule has 98 valence electrons. The predicted octanol–water partition coefficient (Wildman–Crippen LogP) is 0.0477. The summed E-state index contributed by atoms with van der Waals surface area (Å²) < 4.78 is 26.3. The molecular weight excluding hydrogens is 234 g/mol. The summed E-state index contributed by atoms with van der Waals surface area (Å²) in [4.78, 5) is 11.7. The summed E-state index contributed by atoms with van der Waals surface area (Å²) in [6.45, 7) is 4.07. The van der Waals surface area contributed by atoms with E-state index in [4.69, 9.17) is 9.84 Å². The first-order chi connectivity index (χ1) is 7.31. The molecule has 6 nitrogen and oxygen atoms in total. The first kappa shape index (κ1) is 17.7. The van der Waals surface area contributed by atoms with Crippen molar-refractivity contribution in [3.63, 3.8) is 0 Å². The Morgan fingerprint density at radius 1 is 1.38 bits per heavy atom. The lowest BCUT2D eigenvalue weighted by molar-refractivity contribution is -0.143. The van der Waals surface area contributed by atoms with Gasteiger partial charge in [-0.1, -0.05) is 13.8 Å². The van der Waals surface area contributed by atoms with E-state index < -0.39 is 15.8 Å². The van der Waals surface area contributed by atoms with Crippen molar-refractivity contribution < 1.29 is 23.1 Å². The van der Waals surface area contributed by atoms with Crippen LogP contribution in [-0.4, -0.2) is 63.3 Å². The van der Waals surface area contributed by atoms with E-state index in [1.54, 1.807) is 11.9 Å². The van der Waals surface area contributed by atoms with Crippen molar-refractivity contribution in [3.05, 3.63) is 0 Å². The minimum Gasteiger partial charge on any atom is -0.480 e. The number of carbonyl (C=O) groups is 1. The zero-order chi connectivity index (χ0) is 13.2. The highest BCUT2D eigenvalue weighted by Gasteiger charge is 2.05. The lowest BCUT2D eigenvalue weighted by atomic mass is 10.6. The van der Waals surface area contributed by atoms with Crippen LogP contribution in [0.2, 0.25) is 0 Å². The van der Waals surface area contributed by atoms with E-state index >= 15 is 0 Å². The Hall–Kier alpha value is -0.660. The van der Waals surface area contributed by atoms with E-state index in [1.807, 2.05) is 13.8 Å². The second-order valence-electron chi connectivity index (χ2n) is 3.08. The molecule has 0 amide bonds. The molecule has 1 N–H and O–H groups in total. The van der Waals surface area contributed by atoms with Gasteiger partial charge in [0.15, 0.2) is 0 Å². The van der Waals surface area contributed by atoms with Crippen molar-refractivity contribution in [2.24, 2.45) is 0 Å². The van der Waals surface area contributed by atoms with Crippen molar-refractivity contribution in [1.82, 2.24) is 4.90 Å². The van der Waals surface area contributed by atoms with Crippen LogP contribution in [0.4, 0.5) is 0 Å². The van der Waals surface area contributed by atoms with Gasteiger partial charge in [-0.05, 0) is 7.05 Å². The standard InChI is InChI=1S/C7H15NO5S.C2H6/c1-8(3-4-14(2,11)12)6-13-5-7(9)10;1-2/h3-6H2,1-2H3,(H,9,10);1-2H3. The number of aliphatic carboxylic acids is 1. The molecule has 0 aliphatic carbocycles. The first-order valence-electron chi connectivity index (χ1n) is 4.97. The fourth-order valence-corrected chi connectivity index (χ4v) is 1.32. The van der Waals surface area contributed by atoms with Crippen LogP contribution < -0.4 is 0 Å². The smallest absolute Gasteiger partial charge is 0.329 e. The number of carboxylic acids is 1. The van der Waals surface area contributed by atoms with Crippen molar-refractivity contribution in [2.45, 2.75) is 13.8 Å². The average molecular weight is 255 g/mol. The van der Waals surface area contributed by atoms with E-state index in [-0.39, 0.29) is 19.1 Å². The van der Waals surface area contributed by atoms with Crippen molar-refractivity contribution in [2.75, 3.05) is 38.9 Å². The Morgan fingerprint density at radius 3 is 2.25 bits per heavy atom. The molecule has 0 aromatic heterocycles. The summed E-state index contributed by atoms with van der Waals surface area (Å²) in [7, 11) is -1.31. The van der Waals surface area contributed by atoms with E-state index in [0.29, 0.717) is 6.54 Å². The van der Waals surface area contributed by atoms with E-state index in [0.717, 1.165) is 6.26 Å². The van der Waals surface area contributed by atoms with Gasteiger partial charge in [0.05, 0.1) is 12.5 Å². The molecule has 0 saturated carbocycles. The molecule has 0 aromatic carbocycles. The number of hydrogen-bond acceptors (Lipinski definition) is 5. The van der Waals surface area contributed by atoms with Crippen LogP contribution in [-0.2, 0) is 19.4 Å². The van der Waals surface area contributed by atoms with Gasteiger partial charge in [0.2, 0.25) is 0 Å². The number of ether oxygens (including phenoxy) is 1. The highest BCUT2D eigenvalue weighted by Crippen LogP contribution is 1.88. The third kappa shape index (κ3) is 15.8. The number of carboxylic acid groups (broad SMARTS) is 1. The normalized spacial score (nSPS) is 10.8. The molecule has 0 rings (SSSR count). The van der Waals surface area contributed by atoms with E-state index in [9.17, 15) is 13.2 Å². The van der Waals surface area contributed by atoms with Gasteiger partial charge in [0, 0.05) is 12.8 Å². The monoisotopic (exact) mass is 255 g/mol. The second kappa shape index (κ2) is 9.56. The number of sulfone groups is 1. The molecule has 0 unspecified atom stereocenters. The van der Waals surface area contributed by atoms with Gasteiger partial charge >= 0.3 is 5.97 Å². The average Bonchev–Trinajstić information content (AvgIpc) is 2.16. The Kier molecular flexibility index (Phi) is 10.6. The molecule has 0 aliphatic rings. The van der Waals surface area contributed by atoms with Gasteiger partial charge in [-0.3, -0.25) is 4.90 Å². The largest absolute Gasteiger partial charge is 0.480 e. The molecule has 0 spiro atoms. The van der Waals surface area contributed by atoms with Crippen LogP contribution in [0.1, 0.15) is 13.8 Å². The highest BCUT2D eigenvalue weighted by molar-refractivity contribution is 7.90. The lowest BCUT2D eigenvalue weighted by Gasteiger charge is -2.14. The quantitative estimate of drug-likeness (QED) is 0.647. The number of nitrogens with zero attached hydrogens (tertiary/aromatic N) is 1. The van der Waals surface area contributed by atoms with Gasteiger partial charge in [0.25, 0.3) is 0 Å². The minimum atomic E-state index is -2.97. The van der Waals surface area contributed by atoms with Crippen LogP contribution in [0, 0.1) is 0 Å².